The molecule has 1 fully saturated rings. The van der Waals surface area contributed by atoms with Gasteiger partial charge in [-0.3, -0.25) is 4.90 Å². The second kappa shape index (κ2) is 9.70. The molecular formula is C12H19Cl3N2O. The van der Waals surface area contributed by atoms with Gasteiger partial charge in [0, 0.05) is 32.7 Å². The summed E-state index contributed by atoms with van der Waals surface area (Å²) in [6, 6.07) is 7.60. The van der Waals surface area contributed by atoms with E-state index in [0.717, 1.165) is 38.5 Å². The molecule has 1 saturated heterocycles. The number of para-hydroxylation sites is 1. The van der Waals surface area contributed by atoms with E-state index >= 15 is 0 Å². The molecule has 1 aliphatic heterocycles. The predicted octanol–water partition coefficient (Wildman–Crippen LogP) is 2.47. The fourth-order valence-electron chi connectivity index (χ4n) is 1.78. The van der Waals surface area contributed by atoms with Crippen LogP contribution in [0, 0.1) is 0 Å². The Hall–Kier alpha value is -0.190. The van der Waals surface area contributed by atoms with Gasteiger partial charge in [-0.15, -0.1) is 24.8 Å². The zero-order valence-corrected chi connectivity index (χ0v) is 12.5. The normalized spacial score (nSPS) is 15.4. The lowest BCUT2D eigenvalue weighted by Crippen LogP contribution is -2.44. The topological polar surface area (TPSA) is 24.5 Å². The van der Waals surface area contributed by atoms with Gasteiger partial charge >= 0.3 is 0 Å². The van der Waals surface area contributed by atoms with Gasteiger partial charge in [-0.05, 0) is 12.1 Å². The van der Waals surface area contributed by atoms with Crippen molar-refractivity contribution in [2.75, 3.05) is 39.3 Å². The van der Waals surface area contributed by atoms with Crippen LogP contribution < -0.4 is 10.1 Å². The van der Waals surface area contributed by atoms with Crippen LogP contribution in [0.4, 0.5) is 0 Å². The zero-order valence-electron chi connectivity index (χ0n) is 10.1. The number of nitrogens with one attached hydrogen (secondary N) is 1. The second-order valence-corrected chi connectivity index (χ2v) is 4.28. The third-order valence-corrected chi connectivity index (χ3v) is 3.02. The van der Waals surface area contributed by atoms with Gasteiger partial charge in [0.25, 0.3) is 0 Å². The highest BCUT2D eigenvalue weighted by Gasteiger charge is 2.09. The van der Waals surface area contributed by atoms with Crippen LogP contribution in [0.1, 0.15) is 0 Å². The lowest BCUT2D eigenvalue weighted by Gasteiger charge is -2.26. The van der Waals surface area contributed by atoms with Gasteiger partial charge in [-0.25, -0.2) is 0 Å². The minimum Gasteiger partial charge on any atom is -0.491 e. The van der Waals surface area contributed by atoms with E-state index in [1.54, 1.807) is 0 Å². The average Bonchev–Trinajstić information content (AvgIpc) is 2.33. The first-order valence-electron chi connectivity index (χ1n) is 5.66. The number of piperazine rings is 1. The Morgan fingerprint density at radius 3 is 2.50 bits per heavy atom. The first-order chi connectivity index (χ1) is 7.86. The van der Waals surface area contributed by atoms with Crippen molar-refractivity contribution in [1.29, 1.82) is 0 Å². The van der Waals surface area contributed by atoms with E-state index in [4.69, 9.17) is 16.3 Å². The molecule has 0 aromatic heterocycles. The lowest BCUT2D eigenvalue weighted by atomic mass is 10.3. The maximum Gasteiger partial charge on any atom is 0.137 e. The van der Waals surface area contributed by atoms with Gasteiger partial charge in [0.1, 0.15) is 12.4 Å². The van der Waals surface area contributed by atoms with Crippen molar-refractivity contribution in [3.8, 4) is 5.75 Å². The third-order valence-electron chi connectivity index (χ3n) is 2.71. The molecule has 18 heavy (non-hydrogen) atoms. The highest BCUT2D eigenvalue weighted by molar-refractivity contribution is 6.32. The minimum absolute atomic E-state index is 0. The van der Waals surface area contributed by atoms with Gasteiger partial charge in [0.05, 0.1) is 5.02 Å². The second-order valence-electron chi connectivity index (χ2n) is 3.87. The van der Waals surface area contributed by atoms with Crippen LogP contribution in [0.3, 0.4) is 0 Å². The highest BCUT2D eigenvalue weighted by Crippen LogP contribution is 2.22. The first-order valence-corrected chi connectivity index (χ1v) is 6.04. The number of ether oxygens (including phenoxy) is 1. The monoisotopic (exact) mass is 312 g/mol. The molecular weight excluding hydrogens is 295 g/mol. The number of benzene rings is 1. The van der Waals surface area contributed by atoms with Crippen LogP contribution in [0.2, 0.25) is 5.02 Å². The molecule has 1 aromatic carbocycles. The maximum absolute atomic E-state index is 6.00. The maximum atomic E-state index is 6.00. The molecule has 0 unspecified atom stereocenters. The predicted molar refractivity (Wildman–Crippen MR) is 80.8 cm³/mol. The molecule has 1 heterocycles. The van der Waals surface area contributed by atoms with Crippen LogP contribution in [0.5, 0.6) is 5.75 Å². The first kappa shape index (κ1) is 17.8. The van der Waals surface area contributed by atoms with E-state index < -0.39 is 0 Å². The number of nitrogens with zero attached hydrogens (tertiary/aromatic N) is 1. The molecule has 0 bridgehead atoms. The summed E-state index contributed by atoms with van der Waals surface area (Å²) < 4.78 is 5.65. The Morgan fingerprint density at radius 1 is 1.17 bits per heavy atom. The van der Waals surface area contributed by atoms with Crippen LogP contribution in [0.15, 0.2) is 24.3 Å². The Balaban J connectivity index is 0.00000144. The molecule has 1 aromatic rings. The molecule has 2 rings (SSSR count). The van der Waals surface area contributed by atoms with Gasteiger partial charge in [-0.1, -0.05) is 23.7 Å². The molecule has 3 nitrogen and oxygen atoms in total. The number of hydrogen-bond acceptors (Lipinski definition) is 3. The summed E-state index contributed by atoms with van der Waals surface area (Å²) in [6.45, 7) is 6.02. The standard InChI is InChI=1S/C12H17ClN2O.2ClH/c13-11-3-1-2-4-12(11)16-10-9-15-7-5-14-6-8-15;;/h1-4,14H,5-10H2;2*1H. The summed E-state index contributed by atoms with van der Waals surface area (Å²) >= 11 is 6.00. The largest absolute Gasteiger partial charge is 0.491 e. The summed E-state index contributed by atoms with van der Waals surface area (Å²) in [5.74, 6) is 0.777. The van der Waals surface area contributed by atoms with Gasteiger partial charge in [0.2, 0.25) is 0 Å². The summed E-state index contributed by atoms with van der Waals surface area (Å²) in [4.78, 5) is 2.40. The molecule has 0 saturated carbocycles. The van der Waals surface area contributed by atoms with Crippen molar-refractivity contribution in [2.24, 2.45) is 0 Å². The van der Waals surface area contributed by atoms with Crippen molar-refractivity contribution in [3.05, 3.63) is 29.3 Å². The number of rotatable bonds is 4. The van der Waals surface area contributed by atoms with Crippen molar-refractivity contribution in [3.63, 3.8) is 0 Å². The van der Waals surface area contributed by atoms with E-state index in [9.17, 15) is 0 Å². The summed E-state index contributed by atoms with van der Waals surface area (Å²) in [5.41, 5.74) is 0. The fraction of sp³-hybridized carbons (Fsp3) is 0.500. The Bertz CT molecular complexity index is 333. The summed E-state index contributed by atoms with van der Waals surface area (Å²) in [5, 5.41) is 4.01. The third kappa shape index (κ3) is 5.63. The average molecular weight is 314 g/mol. The SMILES string of the molecule is Cl.Cl.Clc1ccccc1OCCN1CCNCC1. The van der Waals surface area contributed by atoms with Crippen molar-refractivity contribution in [1.82, 2.24) is 10.2 Å². The molecule has 6 heteroatoms. The van der Waals surface area contributed by atoms with E-state index in [0.29, 0.717) is 11.6 Å². The van der Waals surface area contributed by atoms with Crippen molar-refractivity contribution in [2.45, 2.75) is 0 Å². The zero-order chi connectivity index (χ0) is 11.2. The Morgan fingerprint density at radius 2 is 1.83 bits per heavy atom. The van der Waals surface area contributed by atoms with E-state index in [1.807, 2.05) is 24.3 Å². The van der Waals surface area contributed by atoms with Crippen LogP contribution in [-0.4, -0.2) is 44.2 Å². The molecule has 0 amide bonds. The number of halogens is 3. The quantitative estimate of drug-likeness (QED) is 0.924. The van der Waals surface area contributed by atoms with Crippen molar-refractivity contribution < 1.29 is 4.74 Å². The molecule has 0 spiro atoms. The Labute approximate surface area is 126 Å². The van der Waals surface area contributed by atoms with Gasteiger partial charge in [-0.2, -0.15) is 0 Å². The van der Waals surface area contributed by atoms with Gasteiger partial charge < -0.3 is 10.1 Å². The van der Waals surface area contributed by atoms with Crippen LogP contribution in [0.25, 0.3) is 0 Å². The molecule has 0 atom stereocenters. The Kier molecular flexibility index (Phi) is 9.60. The van der Waals surface area contributed by atoms with Crippen molar-refractivity contribution >= 4 is 36.4 Å². The van der Waals surface area contributed by atoms with Crippen LogP contribution >= 0.6 is 36.4 Å². The molecule has 104 valence electrons. The highest BCUT2D eigenvalue weighted by atomic mass is 35.5. The van der Waals surface area contributed by atoms with E-state index in [-0.39, 0.29) is 24.8 Å². The molecule has 0 aliphatic carbocycles. The van der Waals surface area contributed by atoms with E-state index in [2.05, 4.69) is 10.2 Å². The summed E-state index contributed by atoms with van der Waals surface area (Å²) in [7, 11) is 0. The molecule has 0 radical (unpaired) electrons. The molecule has 1 N–H and O–H groups in total. The van der Waals surface area contributed by atoms with Gasteiger partial charge in [0.15, 0.2) is 0 Å². The van der Waals surface area contributed by atoms with Crippen LogP contribution in [-0.2, 0) is 0 Å². The minimum atomic E-state index is 0. The molecule has 1 aliphatic rings. The summed E-state index contributed by atoms with van der Waals surface area (Å²) in [6.07, 6.45) is 0. The smallest absolute Gasteiger partial charge is 0.137 e. The number of hydrogen-bond donors (Lipinski definition) is 1. The lowest BCUT2D eigenvalue weighted by molar-refractivity contribution is 0.191. The fourth-order valence-corrected chi connectivity index (χ4v) is 1.97. The van der Waals surface area contributed by atoms with E-state index in [1.165, 1.54) is 0 Å².